The van der Waals surface area contributed by atoms with Crippen LogP contribution < -0.4 is 11.5 Å². The van der Waals surface area contributed by atoms with Crippen LogP contribution in [0.3, 0.4) is 0 Å². The molecule has 0 aromatic rings. The molecule has 3 amide bonds. The van der Waals surface area contributed by atoms with E-state index in [9.17, 15) is 14.4 Å². The Bertz CT molecular complexity index is 264. The standard InChI is InChI=1S/C5H6N2O5.C2H8N2/c8-3-1-2-4(9)6(3)7(12)5(10)11;3-1-2-4/h12H,1-2H2,(H,10,11);1-4H2. The van der Waals surface area contributed by atoms with Gasteiger partial charge in [-0.3, -0.25) is 14.8 Å². The van der Waals surface area contributed by atoms with E-state index >= 15 is 0 Å². The highest BCUT2D eigenvalue weighted by molar-refractivity contribution is 6.02. The average molecular weight is 234 g/mol. The molecule has 9 heteroatoms. The van der Waals surface area contributed by atoms with Gasteiger partial charge in [0.15, 0.2) is 0 Å². The van der Waals surface area contributed by atoms with Gasteiger partial charge in [-0.25, -0.2) is 4.79 Å². The van der Waals surface area contributed by atoms with Crippen LogP contribution in [0.5, 0.6) is 0 Å². The minimum Gasteiger partial charge on any atom is -0.462 e. The molecule has 9 nitrogen and oxygen atoms in total. The summed E-state index contributed by atoms with van der Waals surface area (Å²) in [5, 5.41) is 16.7. The Morgan fingerprint density at radius 3 is 1.88 bits per heavy atom. The summed E-state index contributed by atoms with van der Waals surface area (Å²) in [7, 11) is 0. The molecule has 0 atom stereocenters. The predicted octanol–water partition coefficient (Wildman–Crippen LogP) is -1.68. The summed E-state index contributed by atoms with van der Waals surface area (Å²) < 4.78 is 0. The molecule has 1 aliphatic heterocycles. The van der Waals surface area contributed by atoms with Crippen LogP contribution in [-0.2, 0) is 9.59 Å². The lowest BCUT2D eigenvalue weighted by Gasteiger charge is -2.19. The van der Waals surface area contributed by atoms with Gasteiger partial charge in [0.2, 0.25) is 0 Å². The number of nitrogens with two attached hydrogens (primary N) is 2. The average Bonchev–Trinajstić information content (AvgIpc) is 2.58. The van der Waals surface area contributed by atoms with Crippen molar-refractivity contribution in [2.24, 2.45) is 11.5 Å². The molecule has 0 aromatic heterocycles. The van der Waals surface area contributed by atoms with Crippen molar-refractivity contribution in [2.45, 2.75) is 12.8 Å². The van der Waals surface area contributed by atoms with E-state index in [2.05, 4.69) is 0 Å². The van der Waals surface area contributed by atoms with E-state index in [0.29, 0.717) is 13.1 Å². The highest BCUT2D eigenvalue weighted by atomic mass is 16.6. The first kappa shape index (κ1) is 14.3. The summed E-state index contributed by atoms with van der Waals surface area (Å²) in [5.74, 6) is -1.44. The Labute approximate surface area is 91.1 Å². The molecule has 1 aliphatic rings. The first-order valence-electron chi connectivity index (χ1n) is 4.43. The van der Waals surface area contributed by atoms with Crippen molar-refractivity contribution in [2.75, 3.05) is 13.1 Å². The molecule has 0 bridgehead atoms. The maximum Gasteiger partial charge on any atom is 0.452 e. The third kappa shape index (κ3) is 3.81. The van der Waals surface area contributed by atoms with E-state index in [-0.39, 0.29) is 17.9 Å². The number of amides is 3. The highest BCUT2D eigenvalue weighted by Gasteiger charge is 2.36. The summed E-state index contributed by atoms with van der Waals surface area (Å²) in [4.78, 5) is 31.6. The van der Waals surface area contributed by atoms with Gasteiger partial charge in [0, 0.05) is 25.9 Å². The number of carbonyl (C=O) groups excluding carboxylic acids is 2. The molecule has 16 heavy (non-hydrogen) atoms. The lowest BCUT2D eigenvalue weighted by atomic mass is 10.4. The molecule has 0 unspecified atom stereocenters. The number of rotatable bonds is 2. The summed E-state index contributed by atoms with van der Waals surface area (Å²) in [6.45, 7) is 1.19. The van der Waals surface area contributed by atoms with Crippen LogP contribution in [0, 0.1) is 0 Å². The first-order chi connectivity index (χ1) is 7.45. The topological polar surface area (TPSA) is 150 Å². The zero-order valence-electron chi connectivity index (χ0n) is 8.50. The van der Waals surface area contributed by atoms with Crippen LogP contribution in [0.15, 0.2) is 0 Å². The van der Waals surface area contributed by atoms with Crippen LogP contribution in [0.25, 0.3) is 0 Å². The maximum atomic E-state index is 10.8. The van der Waals surface area contributed by atoms with E-state index < -0.39 is 23.1 Å². The molecular formula is C7H14N4O5. The lowest BCUT2D eigenvalue weighted by Crippen LogP contribution is -2.46. The molecule has 0 aliphatic carbocycles. The van der Waals surface area contributed by atoms with Gasteiger partial charge < -0.3 is 16.6 Å². The second-order valence-corrected chi connectivity index (χ2v) is 2.75. The SMILES string of the molecule is NCCN.O=C(O)N(O)N1C(=O)CCC1=O. The number of carboxylic acid groups (broad SMARTS) is 1. The molecule has 6 N–H and O–H groups in total. The Hall–Kier alpha value is -1.71. The van der Waals surface area contributed by atoms with Crippen molar-refractivity contribution in [3.8, 4) is 0 Å². The quantitative estimate of drug-likeness (QED) is 0.253. The van der Waals surface area contributed by atoms with Gasteiger partial charge in [-0.1, -0.05) is 5.17 Å². The maximum absolute atomic E-state index is 10.8. The van der Waals surface area contributed by atoms with E-state index in [1.807, 2.05) is 0 Å². The fraction of sp³-hybridized carbons (Fsp3) is 0.571. The molecule has 0 radical (unpaired) electrons. The largest absolute Gasteiger partial charge is 0.462 e. The Balaban J connectivity index is 0.000000487. The fourth-order valence-electron chi connectivity index (χ4n) is 0.862. The van der Waals surface area contributed by atoms with E-state index in [1.165, 1.54) is 0 Å². The molecule has 0 saturated carbocycles. The van der Waals surface area contributed by atoms with Crippen molar-refractivity contribution in [1.29, 1.82) is 0 Å². The van der Waals surface area contributed by atoms with Gasteiger partial charge >= 0.3 is 6.09 Å². The molecule has 0 spiro atoms. The number of hydrogen-bond donors (Lipinski definition) is 4. The molecule has 1 saturated heterocycles. The second-order valence-electron chi connectivity index (χ2n) is 2.75. The lowest BCUT2D eigenvalue weighted by molar-refractivity contribution is -0.209. The minimum atomic E-state index is -1.77. The van der Waals surface area contributed by atoms with Gasteiger partial charge in [-0.15, -0.1) is 0 Å². The molecule has 0 aromatic carbocycles. The highest BCUT2D eigenvalue weighted by Crippen LogP contribution is 2.13. The van der Waals surface area contributed by atoms with Crippen LogP contribution in [0.2, 0.25) is 0 Å². The van der Waals surface area contributed by atoms with Crippen molar-refractivity contribution >= 4 is 17.9 Å². The first-order valence-corrected chi connectivity index (χ1v) is 4.43. The molecule has 1 heterocycles. The van der Waals surface area contributed by atoms with Gasteiger partial charge in [0.25, 0.3) is 11.8 Å². The predicted molar refractivity (Wildman–Crippen MR) is 50.8 cm³/mol. The molecule has 92 valence electrons. The van der Waals surface area contributed by atoms with Crippen LogP contribution in [-0.4, -0.2) is 51.5 Å². The van der Waals surface area contributed by atoms with Crippen molar-refractivity contribution in [3.05, 3.63) is 0 Å². The number of nitrogens with zero attached hydrogens (tertiary/aromatic N) is 2. The number of hydrazine groups is 1. The van der Waals surface area contributed by atoms with E-state index in [0.717, 1.165) is 0 Å². The van der Waals surface area contributed by atoms with Gasteiger partial charge in [-0.05, 0) is 0 Å². The van der Waals surface area contributed by atoms with E-state index in [1.54, 1.807) is 0 Å². The van der Waals surface area contributed by atoms with Gasteiger partial charge in [-0.2, -0.15) is 5.01 Å². The third-order valence-electron chi connectivity index (χ3n) is 1.55. The summed E-state index contributed by atoms with van der Waals surface area (Å²) in [6, 6.07) is 0. The van der Waals surface area contributed by atoms with E-state index in [4.69, 9.17) is 21.8 Å². The van der Waals surface area contributed by atoms with Crippen molar-refractivity contribution < 1.29 is 24.7 Å². The van der Waals surface area contributed by atoms with Crippen LogP contribution >= 0.6 is 0 Å². The zero-order chi connectivity index (χ0) is 12.7. The van der Waals surface area contributed by atoms with Gasteiger partial charge in [0.1, 0.15) is 0 Å². The zero-order valence-corrected chi connectivity index (χ0v) is 8.50. The normalized spacial score (nSPS) is 14.6. The third-order valence-corrected chi connectivity index (χ3v) is 1.55. The smallest absolute Gasteiger partial charge is 0.452 e. The number of carbonyl (C=O) groups is 3. The summed E-state index contributed by atoms with van der Waals surface area (Å²) >= 11 is 0. The van der Waals surface area contributed by atoms with Crippen LogP contribution in [0.1, 0.15) is 12.8 Å². The monoisotopic (exact) mass is 234 g/mol. The molecule has 1 rings (SSSR count). The fourth-order valence-corrected chi connectivity index (χ4v) is 0.862. The van der Waals surface area contributed by atoms with Gasteiger partial charge in [0.05, 0.1) is 0 Å². The molecular weight excluding hydrogens is 220 g/mol. The number of imide groups is 1. The summed E-state index contributed by atoms with van der Waals surface area (Å²) in [5.41, 5.74) is 9.81. The number of hydroxylamine groups is 1. The molecule has 1 fully saturated rings. The summed E-state index contributed by atoms with van der Waals surface area (Å²) in [6.07, 6.45) is -1.90. The van der Waals surface area contributed by atoms with Crippen molar-refractivity contribution in [1.82, 2.24) is 10.2 Å². The van der Waals surface area contributed by atoms with Crippen molar-refractivity contribution in [3.63, 3.8) is 0 Å². The van der Waals surface area contributed by atoms with Crippen LogP contribution in [0.4, 0.5) is 4.79 Å². The Morgan fingerprint density at radius 2 is 1.62 bits per heavy atom. The minimum absolute atomic E-state index is 0.0663. The Kier molecular flexibility index (Phi) is 6.00. The second kappa shape index (κ2) is 6.71. The Morgan fingerprint density at radius 1 is 1.25 bits per heavy atom. The number of hydrogen-bond acceptors (Lipinski definition) is 6.